The number of hydrogen-bond acceptors (Lipinski definition) is 8. The minimum Gasteiger partial charge on any atom is -0.490 e. The van der Waals surface area contributed by atoms with Gasteiger partial charge >= 0.3 is 6.09 Å². The molecule has 1 heterocycles. The van der Waals surface area contributed by atoms with Crippen LogP contribution in [0.2, 0.25) is 0 Å². The molecule has 4 atom stereocenters. The summed E-state index contributed by atoms with van der Waals surface area (Å²) in [5.41, 5.74) is 0.601. The van der Waals surface area contributed by atoms with Crippen LogP contribution in [0.4, 0.5) is 23.7 Å². The minimum absolute atomic E-state index is 0.0238. The second-order valence-corrected chi connectivity index (χ2v) is 13.4. The van der Waals surface area contributed by atoms with Crippen molar-refractivity contribution in [3.05, 3.63) is 95.3 Å². The first kappa shape index (κ1) is 34.7. The zero-order valence-corrected chi connectivity index (χ0v) is 26.2. The van der Waals surface area contributed by atoms with Gasteiger partial charge in [-0.25, -0.2) is 26.4 Å². The van der Waals surface area contributed by atoms with Crippen LogP contribution < -0.4 is 26.0 Å². The Morgan fingerprint density at radius 1 is 0.913 bits per heavy atom. The lowest BCUT2D eigenvalue weighted by molar-refractivity contribution is -0.118. The molecule has 1 aliphatic heterocycles. The quantitative estimate of drug-likeness (QED) is 0.218. The van der Waals surface area contributed by atoms with Crippen molar-refractivity contribution >= 4 is 27.5 Å². The molecule has 0 aromatic heterocycles. The highest BCUT2D eigenvalue weighted by Gasteiger charge is 2.34. The standard InChI is InChI=1S/C32H37F3N4O6S/c1-44-32(41)39-30(29(20-9-11-22(33)12-10-20)21-14-23(34)16-24(35)15-21)31(40)38-27-7-3-4-8-28(27)45-19-26-18-36-25(17-37-26)6-5-13-46(2,42)43/h3-4,7-12,14-16,25-26,29-30,36-37H,5-6,13,17-19H2,1-2H3,(H,38,40)(H,39,41)/t25?,26?,29-,30-/m0/s1. The molecule has 0 aliphatic carbocycles. The highest BCUT2D eigenvalue weighted by molar-refractivity contribution is 7.90. The number of para-hydroxylation sites is 2. The van der Waals surface area contributed by atoms with Gasteiger partial charge in [0, 0.05) is 43.1 Å². The number of hydrogen-bond donors (Lipinski definition) is 4. The SMILES string of the molecule is COC(=O)N[C@H](C(=O)Nc1ccccc1OCC1CNC(CCCS(C)(=O)=O)CN1)[C@@H](c1ccc(F)cc1)c1cc(F)cc(F)c1. The predicted molar refractivity (Wildman–Crippen MR) is 167 cm³/mol. The number of anilines is 1. The van der Waals surface area contributed by atoms with E-state index >= 15 is 0 Å². The number of carbonyl (C=O) groups is 2. The van der Waals surface area contributed by atoms with Crippen molar-refractivity contribution in [3.8, 4) is 5.75 Å². The van der Waals surface area contributed by atoms with Crippen LogP contribution in [0, 0.1) is 17.5 Å². The van der Waals surface area contributed by atoms with Crippen LogP contribution in [0.25, 0.3) is 0 Å². The molecule has 3 aromatic rings. The molecule has 1 aliphatic rings. The Morgan fingerprint density at radius 2 is 1.57 bits per heavy atom. The van der Waals surface area contributed by atoms with Crippen molar-refractivity contribution in [2.45, 2.75) is 36.9 Å². The van der Waals surface area contributed by atoms with E-state index in [0.717, 1.165) is 31.4 Å². The lowest BCUT2D eigenvalue weighted by Gasteiger charge is -2.31. The van der Waals surface area contributed by atoms with E-state index < -0.39 is 51.2 Å². The fraction of sp³-hybridized carbons (Fsp3) is 0.375. The molecular formula is C32H37F3N4O6S. The lowest BCUT2D eigenvalue weighted by Crippen LogP contribution is -2.56. The molecule has 2 unspecified atom stereocenters. The Kier molecular flexibility index (Phi) is 12.0. The van der Waals surface area contributed by atoms with Gasteiger partial charge in [0.15, 0.2) is 0 Å². The molecule has 2 amide bonds. The van der Waals surface area contributed by atoms with E-state index in [4.69, 9.17) is 9.47 Å². The first-order chi connectivity index (χ1) is 21.9. The third kappa shape index (κ3) is 10.2. The van der Waals surface area contributed by atoms with Gasteiger partial charge in [0.25, 0.3) is 0 Å². The number of amides is 2. The molecule has 14 heteroatoms. The number of benzene rings is 3. The summed E-state index contributed by atoms with van der Waals surface area (Å²) in [5.74, 6) is -3.80. The van der Waals surface area contributed by atoms with Gasteiger partial charge in [0.05, 0.1) is 18.8 Å². The lowest BCUT2D eigenvalue weighted by atomic mass is 9.84. The van der Waals surface area contributed by atoms with Crippen molar-refractivity contribution in [3.63, 3.8) is 0 Å². The number of ether oxygens (including phenoxy) is 2. The van der Waals surface area contributed by atoms with Crippen molar-refractivity contribution < 1.29 is 40.7 Å². The van der Waals surface area contributed by atoms with Gasteiger partial charge in [-0.2, -0.15) is 0 Å². The minimum atomic E-state index is -3.01. The van der Waals surface area contributed by atoms with Crippen LogP contribution in [0.5, 0.6) is 5.75 Å². The fourth-order valence-electron chi connectivity index (χ4n) is 5.26. The number of methoxy groups -OCH3 is 1. The maximum Gasteiger partial charge on any atom is 0.407 e. The molecule has 1 saturated heterocycles. The zero-order chi connectivity index (χ0) is 33.3. The summed E-state index contributed by atoms with van der Waals surface area (Å²) in [6.45, 7) is 1.44. The summed E-state index contributed by atoms with van der Waals surface area (Å²) in [5, 5.41) is 12.0. The molecule has 1 fully saturated rings. The molecule has 0 spiro atoms. The van der Waals surface area contributed by atoms with Gasteiger partial charge < -0.3 is 30.7 Å². The first-order valence-electron chi connectivity index (χ1n) is 14.6. The maximum absolute atomic E-state index is 14.4. The maximum atomic E-state index is 14.4. The average molecular weight is 663 g/mol. The summed E-state index contributed by atoms with van der Waals surface area (Å²) < 4.78 is 76.1. The van der Waals surface area contributed by atoms with Crippen molar-refractivity contribution in [2.75, 3.05) is 44.1 Å². The Bertz CT molecular complexity index is 1580. The summed E-state index contributed by atoms with van der Waals surface area (Å²) in [7, 11) is -1.90. The number of piperazine rings is 1. The number of rotatable bonds is 13. The smallest absolute Gasteiger partial charge is 0.407 e. The molecule has 248 valence electrons. The highest BCUT2D eigenvalue weighted by Crippen LogP contribution is 2.32. The topological polar surface area (TPSA) is 135 Å². The zero-order valence-electron chi connectivity index (χ0n) is 25.4. The van der Waals surface area contributed by atoms with Crippen LogP contribution in [-0.2, 0) is 19.4 Å². The summed E-state index contributed by atoms with van der Waals surface area (Å²) in [6.07, 6.45) is 1.52. The van der Waals surface area contributed by atoms with Gasteiger partial charge in [-0.05, 0) is 60.4 Å². The molecule has 4 N–H and O–H groups in total. The van der Waals surface area contributed by atoms with E-state index in [-0.39, 0.29) is 35.7 Å². The normalized spacial score (nSPS) is 17.8. The van der Waals surface area contributed by atoms with Gasteiger partial charge in [-0.15, -0.1) is 0 Å². The number of nitrogens with one attached hydrogen (secondary N) is 4. The Balaban J connectivity index is 1.50. The number of carbonyl (C=O) groups excluding carboxylic acids is 2. The molecule has 3 aromatic carbocycles. The van der Waals surface area contributed by atoms with Crippen molar-refractivity contribution in [2.24, 2.45) is 0 Å². The van der Waals surface area contributed by atoms with Crippen molar-refractivity contribution in [1.82, 2.24) is 16.0 Å². The number of alkyl carbamates (subject to hydrolysis) is 1. The molecule has 46 heavy (non-hydrogen) atoms. The fourth-order valence-corrected chi connectivity index (χ4v) is 5.95. The summed E-state index contributed by atoms with van der Waals surface area (Å²) in [6, 6.07) is 13.0. The third-order valence-electron chi connectivity index (χ3n) is 7.51. The number of halogens is 3. The Morgan fingerprint density at radius 3 is 2.20 bits per heavy atom. The van der Waals surface area contributed by atoms with Gasteiger partial charge in [0.1, 0.15) is 45.7 Å². The second-order valence-electron chi connectivity index (χ2n) is 11.1. The monoisotopic (exact) mass is 662 g/mol. The number of sulfone groups is 1. The molecule has 4 rings (SSSR count). The van der Waals surface area contributed by atoms with Gasteiger partial charge in [-0.3, -0.25) is 4.79 Å². The first-order valence-corrected chi connectivity index (χ1v) is 16.7. The van der Waals surface area contributed by atoms with Crippen LogP contribution >= 0.6 is 0 Å². The molecule has 0 radical (unpaired) electrons. The van der Waals surface area contributed by atoms with E-state index in [1.165, 1.54) is 18.4 Å². The summed E-state index contributed by atoms with van der Waals surface area (Å²) in [4.78, 5) is 26.3. The van der Waals surface area contributed by atoms with Crippen LogP contribution in [-0.4, -0.2) is 77.4 Å². The Hall–Kier alpha value is -4.14. The van der Waals surface area contributed by atoms with E-state index in [2.05, 4.69) is 21.3 Å². The van der Waals surface area contributed by atoms with E-state index in [1.54, 1.807) is 24.3 Å². The van der Waals surface area contributed by atoms with Gasteiger partial charge in [0.2, 0.25) is 5.91 Å². The average Bonchev–Trinajstić information content (AvgIpc) is 3.00. The highest BCUT2D eigenvalue weighted by atomic mass is 32.2. The predicted octanol–water partition coefficient (Wildman–Crippen LogP) is 3.73. The van der Waals surface area contributed by atoms with E-state index in [0.29, 0.717) is 43.3 Å². The van der Waals surface area contributed by atoms with E-state index in [1.807, 2.05) is 0 Å². The van der Waals surface area contributed by atoms with Crippen molar-refractivity contribution in [1.29, 1.82) is 0 Å². The van der Waals surface area contributed by atoms with Crippen LogP contribution in [0.15, 0.2) is 66.7 Å². The molecule has 10 nitrogen and oxygen atoms in total. The molecule has 0 saturated carbocycles. The molecule has 0 bridgehead atoms. The van der Waals surface area contributed by atoms with E-state index in [9.17, 15) is 31.2 Å². The third-order valence-corrected chi connectivity index (χ3v) is 8.54. The largest absolute Gasteiger partial charge is 0.490 e. The van der Waals surface area contributed by atoms with Crippen LogP contribution in [0.1, 0.15) is 29.9 Å². The Labute approximate surface area is 266 Å². The summed E-state index contributed by atoms with van der Waals surface area (Å²) >= 11 is 0. The molecular weight excluding hydrogens is 625 g/mol. The second kappa shape index (κ2) is 15.9. The van der Waals surface area contributed by atoms with Gasteiger partial charge in [-0.1, -0.05) is 24.3 Å². The van der Waals surface area contributed by atoms with Crippen LogP contribution in [0.3, 0.4) is 0 Å².